The molecule has 0 aliphatic heterocycles. The molecule has 0 unspecified atom stereocenters. The number of aromatic nitrogens is 2. The van der Waals surface area contributed by atoms with E-state index in [0.717, 1.165) is 5.56 Å². The summed E-state index contributed by atoms with van der Waals surface area (Å²) in [6.07, 6.45) is 1.47. The van der Waals surface area contributed by atoms with Crippen LogP contribution in [0.1, 0.15) is 11.3 Å². The molecule has 3 aromatic carbocycles. The highest BCUT2D eigenvalue weighted by Crippen LogP contribution is 2.25. The van der Waals surface area contributed by atoms with Gasteiger partial charge in [-0.15, -0.1) is 0 Å². The van der Waals surface area contributed by atoms with Gasteiger partial charge in [0.15, 0.2) is 5.82 Å². The second-order valence-corrected chi connectivity index (χ2v) is 7.04. The average molecular weight is 416 g/mol. The molecule has 0 bridgehead atoms. The zero-order valence-corrected chi connectivity index (χ0v) is 16.8. The Hall–Kier alpha value is -4.76. The third-order valence-electron chi connectivity index (χ3n) is 5.03. The first-order valence-electron chi connectivity index (χ1n) is 9.95. The van der Waals surface area contributed by atoms with Crippen molar-refractivity contribution in [3.63, 3.8) is 0 Å². The van der Waals surface area contributed by atoms with Crippen LogP contribution in [0.2, 0.25) is 0 Å². The van der Waals surface area contributed by atoms with Crippen molar-refractivity contribution in [1.29, 1.82) is 5.26 Å². The van der Waals surface area contributed by atoms with Crippen molar-refractivity contribution in [2.24, 2.45) is 5.10 Å². The van der Waals surface area contributed by atoms with Gasteiger partial charge >= 0.3 is 0 Å². The number of furan rings is 1. The number of fused-ring (bicyclic) bond motifs is 1. The second-order valence-electron chi connectivity index (χ2n) is 7.04. The fourth-order valence-electron chi connectivity index (χ4n) is 3.48. The molecule has 5 rings (SSSR count). The van der Waals surface area contributed by atoms with E-state index in [0.29, 0.717) is 39.4 Å². The van der Waals surface area contributed by atoms with Crippen LogP contribution in [0.25, 0.3) is 33.6 Å². The minimum absolute atomic E-state index is 0.271. The molecule has 0 fully saturated rings. The molecule has 0 atom stereocenters. The molecule has 0 radical (unpaired) electrons. The molecule has 152 valence electrons. The Bertz CT molecular complexity index is 1560. The molecule has 0 aliphatic carbocycles. The smallest absolute Gasteiger partial charge is 0.282 e. The molecule has 0 spiro atoms. The van der Waals surface area contributed by atoms with E-state index in [2.05, 4.69) is 16.2 Å². The van der Waals surface area contributed by atoms with Gasteiger partial charge in [-0.05, 0) is 36.4 Å². The Balaban J connectivity index is 1.60. The van der Waals surface area contributed by atoms with Crippen molar-refractivity contribution >= 4 is 17.1 Å². The molecule has 0 aliphatic rings. The molecule has 5 aromatic rings. The van der Waals surface area contributed by atoms with E-state index < -0.39 is 0 Å². The molecule has 0 saturated heterocycles. The summed E-state index contributed by atoms with van der Waals surface area (Å²) >= 11 is 0. The number of benzene rings is 3. The maximum atomic E-state index is 13.2. The SMILES string of the molecule is N#Cc1ccccc1-c1ccc(C=Nn2c(-c3ccccc3)nc3ccccc3c2=O)o1. The third-order valence-corrected chi connectivity index (χ3v) is 5.03. The van der Waals surface area contributed by atoms with Crippen molar-refractivity contribution < 1.29 is 4.42 Å². The number of nitriles is 1. The molecule has 2 aromatic heterocycles. The van der Waals surface area contributed by atoms with Crippen molar-refractivity contribution in [3.05, 3.63) is 113 Å². The van der Waals surface area contributed by atoms with Crippen LogP contribution in [0.5, 0.6) is 0 Å². The third kappa shape index (κ3) is 3.48. The lowest BCUT2D eigenvalue weighted by atomic mass is 10.1. The minimum Gasteiger partial charge on any atom is -0.455 e. The molecule has 0 amide bonds. The molecule has 2 heterocycles. The van der Waals surface area contributed by atoms with Crippen LogP contribution in [0.3, 0.4) is 0 Å². The topological polar surface area (TPSA) is 84.2 Å². The predicted molar refractivity (Wildman–Crippen MR) is 123 cm³/mol. The van der Waals surface area contributed by atoms with Gasteiger partial charge in [0.25, 0.3) is 5.56 Å². The Labute approximate surface area is 183 Å². The Kier molecular flexibility index (Phi) is 4.91. The lowest BCUT2D eigenvalue weighted by Crippen LogP contribution is -2.20. The number of nitrogens with zero attached hydrogens (tertiary/aromatic N) is 4. The fourth-order valence-corrected chi connectivity index (χ4v) is 3.48. The largest absolute Gasteiger partial charge is 0.455 e. The molecule has 32 heavy (non-hydrogen) atoms. The molecular weight excluding hydrogens is 400 g/mol. The van der Waals surface area contributed by atoms with Crippen molar-refractivity contribution in [2.45, 2.75) is 0 Å². The highest BCUT2D eigenvalue weighted by molar-refractivity contribution is 5.81. The number of hydrogen-bond acceptors (Lipinski definition) is 5. The van der Waals surface area contributed by atoms with Crippen molar-refractivity contribution in [3.8, 4) is 28.8 Å². The van der Waals surface area contributed by atoms with Gasteiger partial charge in [0, 0.05) is 11.1 Å². The van der Waals surface area contributed by atoms with Gasteiger partial charge in [-0.1, -0.05) is 54.6 Å². The summed E-state index contributed by atoms with van der Waals surface area (Å²) < 4.78 is 7.15. The molecule has 6 heteroatoms. The first kappa shape index (κ1) is 19.2. The number of para-hydroxylation sites is 1. The summed E-state index contributed by atoms with van der Waals surface area (Å²) in [5, 5.41) is 14.2. The summed E-state index contributed by atoms with van der Waals surface area (Å²) in [5.41, 5.74) is 2.33. The predicted octanol–water partition coefficient (Wildman–Crippen LogP) is 5.08. The van der Waals surface area contributed by atoms with Crippen LogP contribution in [-0.2, 0) is 0 Å². The maximum absolute atomic E-state index is 13.2. The zero-order chi connectivity index (χ0) is 21.9. The monoisotopic (exact) mass is 416 g/mol. The van der Waals surface area contributed by atoms with Crippen molar-refractivity contribution in [1.82, 2.24) is 9.66 Å². The summed E-state index contributed by atoms with van der Waals surface area (Å²) in [6, 6.07) is 29.5. The summed E-state index contributed by atoms with van der Waals surface area (Å²) in [4.78, 5) is 17.9. The van der Waals surface area contributed by atoms with E-state index >= 15 is 0 Å². The number of rotatable bonds is 4. The first-order valence-corrected chi connectivity index (χ1v) is 9.95. The summed E-state index contributed by atoms with van der Waals surface area (Å²) in [6.45, 7) is 0. The van der Waals surface area contributed by atoms with Gasteiger partial charge in [-0.2, -0.15) is 15.0 Å². The van der Waals surface area contributed by atoms with Crippen LogP contribution >= 0.6 is 0 Å². The van der Waals surface area contributed by atoms with Crippen LogP contribution in [0, 0.1) is 11.3 Å². The second kappa shape index (κ2) is 8.17. The first-order chi connectivity index (χ1) is 15.7. The van der Waals surface area contributed by atoms with Gasteiger partial charge in [-0.3, -0.25) is 4.79 Å². The van der Waals surface area contributed by atoms with E-state index in [4.69, 9.17) is 4.42 Å². The van der Waals surface area contributed by atoms with Crippen LogP contribution < -0.4 is 5.56 Å². The van der Waals surface area contributed by atoms with E-state index in [1.807, 2.05) is 54.6 Å². The van der Waals surface area contributed by atoms with E-state index in [-0.39, 0.29) is 5.56 Å². The van der Waals surface area contributed by atoms with Crippen LogP contribution in [0.4, 0.5) is 0 Å². The van der Waals surface area contributed by atoms with Crippen molar-refractivity contribution in [2.75, 3.05) is 0 Å². The fraction of sp³-hybridized carbons (Fsp3) is 0. The van der Waals surface area contributed by atoms with Gasteiger partial charge in [0.05, 0.1) is 28.8 Å². The quantitative estimate of drug-likeness (QED) is 0.383. The lowest BCUT2D eigenvalue weighted by molar-refractivity contribution is 0.574. The Morgan fingerprint density at radius 2 is 1.66 bits per heavy atom. The highest BCUT2D eigenvalue weighted by Gasteiger charge is 2.13. The average Bonchev–Trinajstić information content (AvgIpc) is 3.33. The van der Waals surface area contributed by atoms with Gasteiger partial charge in [-0.25, -0.2) is 4.98 Å². The summed E-state index contributed by atoms with van der Waals surface area (Å²) in [7, 11) is 0. The van der Waals surface area contributed by atoms with E-state index in [1.165, 1.54) is 10.9 Å². The van der Waals surface area contributed by atoms with Crippen LogP contribution in [-0.4, -0.2) is 15.9 Å². The Morgan fingerprint density at radius 3 is 2.50 bits per heavy atom. The molecule has 0 N–H and O–H groups in total. The summed E-state index contributed by atoms with van der Waals surface area (Å²) in [5.74, 6) is 1.44. The van der Waals surface area contributed by atoms with Gasteiger partial charge in [0.2, 0.25) is 0 Å². The zero-order valence-electron chi connectivity index (χ0n) is 16.8. The Morgan fingerprint density at radius 1 is 0.906 bits per heavy atom. The maximum Gasteiger partial charge on any atom is 0.282 e. The standard InChI is InChI=1S/C26H16N4O2/c27-16-19-10-4-5-11-21(19)24-15-14-20(32-24)17-28-30-25(18-8-2-1-3-9-18)29-23-13-7-6-12-22(23)26(30)31/h1-15,17H. The molecular formula is C26H16N4O2. The molecule has 6 nitrogen and oxygen atoms in total. The highest BCUT2D eigenvalue weighted by atomic mass is 16.3. The van der Waals surface area contributed by atoms with E-state index in [1.54, 1.807) is 36.4 Å². The van der Waals surface area contributed by atoms with E-state index in [9.17, 15) is 10.1 Å². The number of hydrogen-bond donors (Lipinski definition) is 0. The lowest BCUT2D eigenvalue weighted by Gasteiger charge is -2.09. The molecule has 0 saturated carbocycles. The van der Waals surface area contributed by atoms with Gasteiger partial charge < -0.3 is 4.42 Å². The van der Waals surface area contributed by atoms with Gasteiger partial charge in [0.1, 0.15) is 11.5 Å². The minimum atomic E-state index is -0.271. The normalized spacial score (nSPS) is 11.1. The van der Waals surface area contributed by atoms with Crippen LogP contribution in [0.15, 0.2) is 105 Å².